The van der Waals surface area contributed by atoms with Crippen LogP contribution in [0.25, 0.3) is 10.4 Å². The van der Waals surface area contributed by atoms with Crippen molar-refractivity contribution in [2.45, 2.75) is 6.42 Å². The molecule has 0 saturated heterocycles. The molecule has 1 amide bonds. The number of hydrogen-bond donors (Lipinski definition) is 2. The van der Waals surface area contributed by atoms with Gasteiger partial charge < -0.3 is 10.3 Å². The van der Waals surface area contributed by atoms with Crippen molar-refractivity contribution in [3.05, 3.63) is 44.7 Å². The van der Waals surface area contributed by atoms with Gasteiger partial charge >= 0.3 is 0 Å². The van der Waals surface area contributed by atoms with Gasteiger partial charge in [-0.05, 0) is 18.0 Å². The summed E-state index contributed by atoms with van der Waals surface area (Å²) in [5, 5.41) is 5.97. The summed E-state index contributed by atoms with van der Waals surface area (Å²) < 4.78 is 0. The minimum Gasteiger partial charge on any atom is -0.352 e. The fourth-order valence-corrected chi connectivity index (χ4v) is 1.05. The third-order valence-corrected chi connectivity index (χ3v) is 1.83. The average molecular weight is 221 g/mol. The van der Waals surface area contributed by atoms with Crippen LogP contribution >= 0.6 is 0 Å². The van der Waals surface area contributed by atoms with Crippen LogP contribution in [-0.4, -0.2) is 24.0 Å². The smallest absolute Gasteiger partial charge is 0.252 e. The number of carbonyl (C=O) groups excluding carboxylic acids is 1. The molecule has 0 aliphatic carbocycles. The van der Waals surface area contributed by atoms with Gasteiger partial charge in [-0.15, -0.1) is 0 Å². The van der Waals surface area contributed by atoms with E-state index in [0.717, 1.165) is 0 Å². The number of rotatable bonds is 5. The lowest BCUT2D eigenvalue weighted by Crippen LogP contribution is -2.25. The van der Waals surface area contributed by atoms with Crippen molar-refractivity contribution >= 4 is 5.91 Å². The summed E-state index contributed by atoms with van der Waals surface area (Å²) >= 11 is 0. The van der Waals surface area contributed by atoms with Crippen LogP contribution in [0.15, 0.2) is 28.2 Å². The van der Waals surface area contributed by atoms with E-state index < -0.39 is 0 Å². The molecule has 0 radical (unpaired) electrons. The zero-order valence-corrected chi connectivity index (χ0v) is 8.51. The number of nitrogens with one attached hydrogen (secondary N) is 2. The van der Waals surface area contributed by atoms with E-state index in [-0.39, 0.29) is 11.5 Å². The fourth-order valence-electron chi connectivity index (χ4n) is 1.05. The zero-order valence-electron chi connectivity index (χ0n) is 8.51. The van der Waals surface area contributed by atoms with E-state index >= 15 is 0 Å². The molecule has 2 N–H and O–H groups in total. The summed E-state index contributed by atoms with van der Waals surface area (Å²) in [7, 11) is 0. The third kappa shape index (κ3) is 3.85. The van der Waals surface area contributed by atoms with E-state index in [0.29, 0.717) is 25.1 Å². The average Bonchev–Trinajstić information content (AvgIpc) is 2.29. The number of H-pyrrole nitrogens is 1. The van der Waals surface area contributed by atoms with Gasteiger partial charge in [0.1, 0.15) is 0 Å². The SMILES string of the molecule is [N-]=[N+]=NCCCNC(=O)c1ccc(=O)[nH]c1. The van der Waals surface area contributed by atoms with Crippen molar-refractivity contribution in [1.82, 2.24) is 10.3 Å². The van der Waals surface area contributed by atoms with E-state index in [1.807, 2.05) is 0 Å². The maximum atomic E-state index is 11.5. The topological polar surface area (TPSA) is 111 Å². The Balaban J connectivity index is 2.38. The first-order valence-electron chi connectivity index (χ1n) is 4.72. The number of aromatic amines is 1. The van der Waals surface area contributed by atoms with E-state index in [2.05, 4.69) is 20.3 Å². The fraction of sp³-hybridized carbons (Fsp3) is 0.333. The van der Waals surface area contributed by atoms with Gasteiger partial charge in [-0.25, -0.2) is 0 Å². The summed E-state index contributed by atoms with van der Waals surface area (Å²) in [5.74, 6) is -0.266. The number of pyridine rings is 1. The molecule has 1 heterocycles. The van der Waals surface area contributed by atoms with Crippen molar-refractivity contribution in [1.29, 1.82) is 0 Å². The third-order valence-electron chi connectivity index (χ3n) is 1.83. The van der Waals surface area contributed by atoms with Crippen molar-refractivity contribution in [2.75, 3.05) is 13.1 Å². The summed E-state index contributed by atoms with van der Waals surface area (Å²) in [6, 6.07) is 2.73. The van der Waals surface area contributed by atoms with Gasteiger partial charge in [-0.2, -0.15) is 0 Å². The van der Waals surface area contributed by atoms with Gasteiger partial charge in [0.05, 0.1) is 5.56 Å². The van der Waals surface area contributed by atoms with E-state index in [1.165, 1.54) is 18.3 Å². The Bertz CT molecular complexity index is 441. The van der Waals surface area contributed by atoms with Crippen LogP contribution in [0.3, 0.4) is 0 Å². The maximum Gasteiger partial charge on any atom is 0.252 e. The number of amides is 1. The van der Waals surface area contributed by atoms with E-state index in [9.17, 15) is 9.59 Å². The lowest BCUT2D eigenvalue weighted by Gasteiger charge is -2.02. The second-order valence-corrected chi connectivity index (χ2v) is 3.01. The van der Waals surface area contributed by atoms with Gasteiger partial charge in [0, 0.05) is 30.3 Å². The predicted molar refractivity (Wildman–Crippen MR) is 58.0 cm³/mol. The van der Waals surface area contributed by atoms with Crippen molar-refractivity contribution in [3.63, 3.8) is 0 Å². The minimum atomic E-state index is -0.266. The van der Waals surface area contributed by atoms with Crippen molar-refractivity contribution in [3.8, 4) is 0 Å². The molecule has 84 valence electrons. The molecule has 0 bridgehead atoms. The Morgan fingerprint density at radius 2 is 2.38 bits per heavy atom. The van der Waals surface area contributed by atoms with Crippen LogP contribution in [0, 0.1) is 0 Å². The largest absolute Gasteiger partial charge is 0.352 e. The Morgan fingerprint density at radius 1 is 1.56 bits per heavy atom. The number of nitrogens with zero attached hydrogens (tertiary/aromatic N) is 3. The quantitative estimate of drug-likeness (QED) is 0.332. The van der Waals surface area contributed by atoms with Crippen LogP contribution < -0.4 is 10.9 Å². The van der Waals surface area contributed by atoms with Crippen LogP contribution in [0.2, 0.25) is 0 Å². The van der Waals surface area contributed by atoms with Gasteiger partial charge in [0.25, 0.3) is 5.91 Å². The summed E-state index contributed by atoms with van der Waals surface area (Å²) in [6.07, 6.45) is 1.93. The molecular weight excluding hydrogens is 210 g/mol. The molecule has 0 unspecified atom stereocenters. The Hall–Kier alpha value is -2.27. The summed E-state index contributed by atoms with van der Waals surface area (Å²) in [6.45, 7) is 0.777. The highest BCUT2D eigenvalue weighted by atomic mass is 16.1. The molecular formula is C9H11N5O2. The Morgan fingerprint density at radius 3 is 3.00 bits per heavy atom. The molecule has 16 heavy (non-hydrogen) atoms. The number of azide groups is 1. The lowest BCUT2D eigenvalue weighted by molar-refractivity contribution is 0.0953. The molecule has 0 saturated carbocycles. The second-order valence-electron chi connectivity index (χ2n) is 3.01. The summed E-state index contributed by atoms with van der Waals surface area (Å²) in [5.41, 5.74) is 8.16. The highest BCUT2D eigenvalue weighted by molar-refractivity contribution is 5.93. The molecule has 7 heteroatoms. The van der Waals surface area contributed by atoms with E-state index in [4.69, 9.17) is 5.53 Å². The van der Waals surface area contributed by atoms with Crippen LogP contribution in [0.5, 0.6) is 0 Å². The van der Waals surface area contributed by atoms with Crippen LogP contribution in [0.1, 0.15) is 16.8 Å². The van der Waals surface area contributed by atoms with Gasteiger partial charge in [0.15, 0.2) is 0 Å². The number of hydrogen-bond acceptors (Lipinski definition) is 3. The molecule has 0 fully saturated rings. The van der Waals surface area contributed by atoms with Gasteiger partial charge in [-0.3, -0.25) is 9.59 Å². The normalized spacial score (nSPS) is 9.25. The van der Waals surface area contributed by atoms with Crippen molar-refractivity contribution < 1.29 is 4.79 Å². The highest BCUT2D eigenvalue weighted by Crippen LogP contribution is 1.92. The van der Waals surface area contributed by atoms with Crippen LogP contribution in [-0.2, 0) is 0 Å². The lowest BCUT2D eigenvalue weighted by atomic mass is 10.2. The molecule has 7 nitrogen and oxygen atoms in total. The highest BCUT2D eigenvalue weighted by Gasteiger charge is 2.03. The minimum absolute atomic E-state index is 0.250. The van der Waals surface area contributed by atoms with Gasteiger partial charge in [0.2, 0.25) is 5.56 Å². The number of carbonyl (C=O) groups is 1. The second kappa shape index (κ2) is 6.26. The van der Waals surface area contributed by atoms with Crippen molar-refractivity contribution in [2.24, 2.45) is 5.11 Å². The summed E-state index contributed by atoms with van der Waals surface area (Å²) in [4.78, 5) is 27.2. The Kier molecular flexibility index (Phi) is 4.62. The monoisotopic (exact) mass is 221 g/mol. The Labute approximate surface area is 91.1 Å². The number of aromatic nitrogens is 1. The molecule has 0 atom stereocenters. The first-order valence-corrected chi connectivity index (χ1v) is 4.72. The van der Waals surface area contributed by atoms with E-state index in [1.54, 1.807) is 0 Å². The zero-order chi connectivity index (χ0) is 11.8. The first-order chi connectivity index (χ1) is 7.74. The molecule has 0 aliphatic heterocycles. The maximum absolute atomic E-state index is 11.5. The molecule has 1 rings (SSSR count). The molecule has 1 aromatic rings. The molecule has 0 spiro atoms. The molecule has 1 aromatic heterocycles. The first kappa shape index (κ1) is 11.8. The molecule has 0 aliphatic rings. The van der Waals surface area contributed by atoms with Gasteiger partial charge in [-0.1, -0.05) is 5.11 Å². The molecule has 0 aromatic carbocycles. The predicted octanol–water partition coefficient (Wildman–Crippen LogP) is 0.805. The standard InChI is InChI=1S/C9H11N5O2/c10-14-13-5-1-4-11-9(16)7-2-3-8(15)12-6-7/h2-3,6H,1,4-5H2,(H,11,16)(H,12,15). The van der Waals surface area contributed by atoms with Crippen LogP contribution in [0.4, 0.5) is 0 Å².